The lowest BCUT2D eigenvalue weighted by molar-refractivity contribution is 0.0987. The van der Waals surface area contributed by atoms with E-state index in [0.29, 0.717) is 6.07 Å². The van der Waals surface area contributed by atoms with Crippen LogP contribution in [0.5, 0.6) is 0 Å². The Hall–Kier alpha value is -3.30. The van der Waals surface area contributed by atoms with Gasteiger partial charge in [-0.2, -0.15) is 0 Å². The van der Waals surface area contributed by atoms with Gasteiger partial charge in [0.15, 0.2) is 11.5 Å². The summed E-state index contributed by atoms with van der Waals surface area (Å²) in [6, 6.07) is 2.59. The van der Waals surface area contributed by atoms with Gasteiger partial charge in [-0.3, -0.25) is 9.59 Å². The Morgan fingerprint density at radius 3 is 2.14 bits per heavy atom. The van der Waals surface area contributed by atoms with Gasteiger partial charge in [0.1, 0.15) is 17.5 Å². The van der Waals surface area contributed by atoms with E-state index in [-0.39, 0.29) is 17.1 Å². The normalized spacial score (nSPS) is 12.8. The number of piperidine rings is 1. The van der Waals surface area contributed by atoms with E-state index in [2.05, 4.69) is 14.9 Å². The zero-order valence-electron chi connectivity index (χ0n) is 16.5. The highest BCUT2D eigenvalue weighted by Gasteiger charge is 2.15. The van der Waals surface area contributed by atoms with E-state index in [1.807, 2.05) is 13.8 Å². The van der Waals surface area contributed by atoms with Crippen molar-refractivity contribution in [1.82, 2.24) is 9.97 Å². The molecular formula is C19H26F2N6O2. The Bertz CT molecular complexity index is 841. The van der Waals surface area contributed by atoms with Crippen molar-refractivity contribution in [2.45, 2.75) is 33.1 Å². The number of hydrogen-bond donors (Lipinski definition) is 3. The fourth-order valence-electron chi connectivity index (χ4n) is 2.55. The fraction of sp³-hybridized carbons (Fsp3) is 0.368. The van der Waals surface area contributed by atoms with E-state index < -0.39 is 23.4 Å². The van der Waals surface area contributed by atoms with E-state index >= 15 is 0 Å². The van der Waals surface area contributed by atoms with Gasteiger partial charge in [0.25, 0.3) is 11.8 Å². The lowest BCUT2D eigenvalue weighted by atomic mass is 10.1. The van der Waals surface area contributed by atoms with Crippen molar-refractivity contribution in [2.24, 2.45) is 11.5 Å². The third-order valence-corrected chi connectivity index (χ3v) is 3.90. The third kappa shape index (κ3) is 6.98. The van der Waals surface area contributed by atoms with Crippen LogP contribution in [-0.2, 0) is 0 Å². The molecule has 0 aliphatic carbocycles. The number of anilines is 2. The Kier molecular flexibility index (Phi) is 9.43. The van der Waals surface area contributed by atoms with Crippen molar-refractivity contribution in [1.29, 1.82) is 0 Å². The summed E-state index contributed by atoms with van der Waals surface area (Å²) in [6.45, 7) is 5.92. The molecule has 1 aliphatic heterocycles. The van der Waals surface area contributed by atoms with Gasteiger partial charge in [0.2, 0.25) is 0 Å². The average Bonchev–Trinajstić information content (AvgIpc) is 2.70. The van der Waals surface area contributed by atoms with Gasteiger partial charge in [-0.15, -0.1) is 0 Å². The van der Waals surface area contributed by atoms with Crippen molar-refractivity contribution < 1.29 is 18.4 Å². The van der Waals surface area contributed by atoms with E-state index in [1.54, 1.807) is 6.20 Å². The molecule has 2 amide bonds. The standard InChI is InChI=1S/C10H15N5O.C7H5F2NO.C2H6/c11-9-8(10(12)16)13-6-7(14-9)15-4-2-1-3-5-15;8-4-1-2-5(7(10)11)6(9)3-4;1-2/h6H,1-5H2,(H2,11,14)(H2,12,16);1-3H,(H2,10,11);1-2H3. The third-order valence-electron chi connectivity index (χ3n) is 3.90. The number of halogens is 2. The molecule has 0 spiro atoms. The Morgan fingerprint density at radius 2 is 1.66 bits per heavy atom. The molecule has 1 aromatic heterocycles. The monoisotopic (exact) mass is 408 g/mol. The molecule has 0 radical (unpaired) electrons. The second kappa shape index (κ2) is 11.5. The molecule has 6 N–H and O–H groups in total. The fourth-order valence-corrected chi connectivity index (χ4v) is 2.55. The van der Waals surface area contributed by atoms with Gasteiger partial charge in [-0.1, -0.05) is 13.8 Å². The van der Waals surface area contributed by atoms with Crippen molar-refractivity contribution in [3.63, 3.8) is 0 Å². The Labute approximate surface area is 168 Å². The molecule has 29 heavy (non-hydrogen) atoms. The molecule has 158 valence electrons. The van der Waals surface area contributed by atoms with E-state index in [1.165, 1.54) is 6.42 Å². The van der Waals surface area contributed by atoms with Crippen LogP contribution in [0.25, 0.3) is 0 Å². The number of nitrogen functional groups attached to an aromatic ring is 1. The van der Waals surface area contributed by atoms with Gasteiger partial charge in [0.05, 0.1) is 11.8 Å². The molecule has 1 fully saturated rings. The second-order valence-electron chi connectivity index (χ2n) is 5.86. The van der Waals surface area contributed by atoms with Gasteiger partial charge >= 0.3 is 0 Å². The predicted octanol–water partition coefficient (Wildman–Crippen LogP) is 2.24. The molecule has 1 saturated heterocycles. The zero-order valence-corrected chi connectivity index (χ0v) is 16.5. The highest BCUT2D eigenvalue weighted by Crippen LogP contribution is 2.18. The molecule has 0 bridgehead atoms. The van der Waals surface area contributed by atoms with E-state index in [9.17, 15) is 18.4 Å². The molecule has 8 nitrogen and oxygen atoms in total. The molecule has 0 atom stereocenters. The van der Waals surface area contributed by atoms with Crippen LogP contribution >= 0.6 is 0 Å². The molecular weight excluding hydrogens is 382 g/mol. The summed E-state index contributed by atoms with van der Waals surface area (Å²) in [5.74, 6) is -2.37. The molecule has 0 saturated carbocycles. The average molecular weight is 408 g/mol. The van der Waals surface area contributed by atoms with Crippen LogP contribution in [0.4, 0.5) is 20.4 Å². The first-order valence-corrected chi connectivity index (χ1v) is 9.21. The van der Waals surface area contributed by atoms with Crippen LogP contribution in [-0.4, -0.2) is 34.9 Å². The quantitative estimate of drug-likeness (QED) is 0.711. The number of primary amides is 2. The minimum Gasteiger partial charge on any atom is -0.382 e. The van der Waals surface area contributed by atoms with Crippen LogP contribution in [0, 0.1) is 11.6 Å². The second-order valence-corrected chi connectivity index (χ2v) is 5.86. The first-order valence-electron chi connectivity index (χ1n) is 9.21. The summed E-state index contributed by atoms with van der Waals surface area (Å²) in [5, 5.41) is 0. The van der Waals surface area contributed by atoms with Crippen molar-refractivity contribution in [2.75, 3.05) is 23.7 Å². The summed E-state index contributed by atoms with van der Waals surface area (Å²) in [4.78, 5) is 31.6. The Morgan fingerprint density at radius 1 is 1.03 bits per heavy atom. The van der Waals surface area contributed by atoms with Crippen LogP contribution in [0.1, 0.15) is 54.0 Å². The Balaban J connectivity index is 0.000000284. The molecule has 1 aromatic carbocycles. The SMILES string of the molecule is CC.NC(=O)c1ccc(F)cc1F.NC(=O)c1ncc(N2CCCCC2)nc1N. The highest BCUT2D eigenvalue weighted by molar-refractivity contribution is 5.95. The number of carbonyl (C=O) groups excluding carboxylic acids is 2. The number of carbonyl (C=O) groups is 2. The van der Waals surface area contributed by atoms with Gasteiger partial charge in [-0.25, -0.2) is 18.7 Å². The number of amides is 2. The molecule has 10 heteroatoms. The number of rotatable bonds is 3. The maximum Gasteiger partial charge on any atom is 0.271 e. The van der Waals surface area contributed by atoms with Crippen molar-refractivity contribution >= 4 is 23.5 Å². The summed E-state index contributed by atoms with van der Waals surface area (Å²) >= 11 is 0. The molecule has 0 unspecified atom stereocenters. The lowest BCUT2D eigenvalue weighted by Crippen LogP contribution is -2.31. The first kappa shape index (κ1) is 23.7. The van der Waals surface area contributed by atoms with Crippen LogP contribution in [0.2, 0.25) is 0 Å². The van der Waals surface area contributed by atoms with Crippen LogP contribution in [0.15, 0.2) is 24.4 Å². The number of nitrogens with two attached hydrogens (primary N) is 3. The highest BCUT2D eigenvalue weighted by atomic mass is 19.1. The number of nitrogens with zero attached hydrogens (tertiary/aromatic N) is 3. The molecule has 3 rings (SSSR count). The molecule has 1 aliphatic rings. The predicted molar refractivity (Wildman–Crippen MR) is 107 cm³/mol. The number of aromatic nitrogens is 2. The lowest BCUT2D eigenvalue weighted by Gasteiger charge is -2.27. The number of hydrogen-bond acceptors (Lipinski definition) is 6. The van der Waals surface area contributed by atoms with Crippen LogP contribution < -0.4 is 22.1 Å². The first-order chi connectivity index (χ1) is 13.8. The number of benzene rings is 1. The van der Waals surface area contributed by atoms with Crippen molar-refractivity contribution in [3.8, 4) is 0 Å². The van der Waals surface area contributed by atoms with Gasteiger partial charge in [0, 0.05) is 19.2 Å². The zero-order chi connectivity index (χ0) is 22.0. The maximum absolute atomic E-state index is 12.6. The topological polar surface area (TPSA) is 141 Å². The van der Waals surface area contributed by atoms with Crippen molar-refractivity contribution in [3.05, 3.63) is 47.3 Å². The summed E-state index contributed by atoms with van der Waals surface area (Å²) in [6.07, 6.45) is 5.11. The van der Waals surface area contributed by atoms with Gasteiger partial charge < -0.3 is 22.1 Å². The smallest absolute Gasteiger partial charge is 0.271 e. The molecule has 2 aromatic rings. The minimum atomic E-state index is -0.933. The minimum absolute atomic E-state index is 0.0424. The van der Waals surface area contributed by atoms with E-state index in [0.717, 1.165) is 43.9 Å². The maximum atomic E-state index is 12.6. The summed E-state index contributed by atoms with van der Waals surface area (Å²) in [7, 11) is 0. The van der Waals surface area contributed by atoms with E-state index in [4.69, 9.17) is 17.2 Å². The van der Waals surface area contributed by atoms with Gasteiger partial charge in [-0.05, 0) is 31.4 Å². The van der Waals surface area contributed by atoms with Crippen LogP contribution in [0.3, 0.4) is 0 Å². The molecule has 2 heterocycles. The summed E-state index contributed by atoms with van der Waals surface area (Å²) < 4.78 is 24.8. The summed E-state index contributed by atoms with van der Waals surface area (Å²) in [5.41, 5.74) is 15.2. The largest absolute Gasteiger partial charge is 0.382 e.